The molecule has 1 saturated heterocycles. The number of amides is 1. The first-order valence-electron chi connectivity index (χ1n) is 8.94. The molecular weight excluding hydrogens is 390 g/mol. The minimum atomic E-state index is -3.35. The van der Waals surface area contributed by atoms with Crippen LogP contribution in [0.5, 0.6) is 0 Å². The highest BCUT2D eigenvalue weighted by Crippen LogP contribution is 2.58. The maximum atomic E-state index is 12.8. The van der Waals surface area contributed by atoms with Gasteiger partial charge in [0.05, 0.1) is 22.9 Å². The third-order valence-electron chi connectivity index (χ3n) is 5.40. The number of benzene rings is 1. The normalized spacial score (nSPS) is 20.6. The Morgan fingerprint density at radius 3 is 2.63 bits per heavy atom. The van der Waals surface area contributed by atoms with Crippen LogP contribution in [0.25, 0.3) is 0 Å². The van der Waals surface area contributed by atoms with Crippen molar-refractivity contribution in [2.24, 2.45) is 11.3 Å². The molecule has 0 radical (unpaired) electrons. The molecule has 1 heterocycles. The topological polar surface area (TPSA) is 96.5 Å². The predicted octanol–water partition coefficient (Wildman–Crippen LogP) is 1.90. The molecule has 3 N–H and O–H groups in total. The highest BCUT2D eigenvalue weighted by molar-refractivity contribution is 7.90. The molecule has 9 heteroatoms. The zero-order chi connectivity index (χ0) is 18.8. The summed E-state index contributed by atoms with van der Waals surface area (Å²) in [6.45, 7) is 2.99. The smallest absolute Gasteiger partial charge is 0.228 e. The first kappa shape index (κ1) is 21.9. The fourth-order valence-corrected chi connectivity index (χ4v) is 4.36. The van der Waals surface area contributed by atoms with Crippen molar-refractivity contribution in [2.75, 3.05) is 50.2 Å². The quantitative estimate of drug-likeness (QED) is 0.586. The van der Waals surface area contributed by atoms with E-state index in [2.05, 4.69) is 16.0 Å². The van der Waals surface area contributed by atoms with Gasteiger partial charge in [0.2, 0.25) is 5.91 Å². The summed E-state index contributed by atoms with van der Waals surface area (Å²) >= 11 is 0. The number of halogens is 1. The second-order valence-corrected chi connectivity index (χ2v) is 9.27. The molecule has 1 aromatic rings. The van der Waals surface area contributed by atoms with Crippen LogP contribution < -0.4 is 16.0 Å². The molecule has 0 aromatic heterocycles. The van der Waals surface area contributed by atoms with Crippen molar-refractivity contribution in [1.29, 1.82) is 0 Å². The van der Waals surface area contributed by atoms with E-state index in [4.69, 9.17) is 4.74 Å². The van der Waals surface area contributed by atoms with E-state index >= 15 is 0 Å². The SMILES string of the molecule is COCCNc1ccc(S(C)(=O)=O)cc1NC(=O)C1CC12CCNCC2.Cl. The van der Waals surface area contributed by atoms with Crippen molar-refractivity contribution in [3.05, 3.63) is 18.2 Å². The van der Waals surface area contributed by atoms with E-state index in [0.29, 0.717) is 24.5 Å². The molecule has 1 saturated carbocycles. The molecule has 1 unspecified atom stereocenters. The maximum absolute atomic E-state index is 12.8. The lowest BCUT2D eigenvalue weighted by atomic mass is 9.92. The Morgan fingerprint density at radius 1 is 1.30 bits per heavy atom. The summed E-state index contributed by atoms with van der Waals surface area (Å²) in [5.74, 6) is -0.00865. The number of carbonyl (C=O) groups excluding carboxylic acids is 1. The number of piperidine rings is 1. The minimum absolute atomic E-state index is 0. The Kier molecular flexibility index (Phi) is 7.13. The summed E-state index contributed by atoms with van der Waals surface area (Å²) in [4.78, 5) is 12.9. The molecule has 1 atom stereocenters. The monoisotopic (exact) mass is 417 g/mol. The average molecular weight is 418 g/mol. The Balaban J connectivity index is 0.00000261. The first-order chi connectivity index (χ1) is 12.4. The van der Waals surface area contributed by atoms with E-state index in [-0.39, 0.29) is 34.5 Å². The first-order valence-corrected chi connectivity index (χ1v) is 10.8. The van der Waals surface area contributed by atoms with Crippen LogP contribution >= 0.6 is 12.4 Å². The third-order valence-corrected chi connectivity index (χ3v) is 6.51. The highest BCUT2D eigenvalue weighted by Gasteiger charge is 2.57. The van der Waals surface area contributed by atoms with E-state index in [1.165, 1.54) is 6.07 Å². The van der Waals surface area contributed by atoms with Crippen molar-refractivity contribution >= 4 is 39.5 Å². The number of hydrogen-bond acceptors (Lipinski definition) is 6. The molecule has 152 valence electrons. The van der Waals surface area contributed by atoms with Gasteiger partial charge in [0.1, 0.15) is 0 Å². The Bertz CT molecular complexity index is 779. The van der Waals surface area contributed by atoms with Crippen LogP contribution in [-0.2, 0) is 19.4 Å². The van der Waals surface area contributed by atoms with Crippen LogP contribution in [0, 0.1) is 11.3 Å². The van der Waals surface area contributed by atoms with Gasteiger partial charge in [0, 0.05) is 25.8 Å². The van der Waals surface area contributed by atoms with Crippen molar-refractivity contribution in [1.82, 2.24) is 5.32 Å². The summed E-state index contributed by atoms with van der Waals surface area (Å²) in [5.41, 5.74) is 1.33. The number of hydrogen-bond donors (Lipinski definition) is 3. The lowest BCUT2D eigenvalue weighted by molar-refractivity contribution is -0.118. The van der Waals surface area contributed by atoms with Gasteiger partial charge in [-0.1, -0.05) is 0 Å². The maximum Gasteiger partial charge on any atom is 0.228 e. The van der Waals surface area contributed by atoms with Gasteiger partial charge in [-0.05, 0) is 56.0 Å². The highest BCUT2D eigenvalue weighted by atomic mass is 35.5. The van der Waals surface area contributed by atoms with Gasteiger partial charge < -0.3 is 20.7 Å². The van der Waals surface area contributed by atoms with Crippen LogP contribution in [0.2, 0.25) is 0 Å². The van der Waals surface area contributed by atoms with Crippen molar-refractivity contribution in [2.45, 2.75) is 24.2 Å². The molecule has 0 bridgehead atoms. The van der Waals surface area contributed by atoms with Gasteiger partial charge in [-0.25, -0.2) is 8.42 Å². The molecule has 2 aliphatic rings. The summed E-state index contributed by atoms with van der Waals surface area (Å²) in [5, 5.41) is 9.47. The summed E-state index contributed by atoms with van der Waals surface area (Å²) < 4.78 is 28.8. The Labute approximate surface area is 167 Å². The molecule has 7 nitrogen and oxygen atoms in total. The summed E-state index contributed by atoms with van der Waals surface area (Å²) in [6, 6.07) is 4.76. The van der Waals surface area contributed by atoms with Gasteiger partial charge in [0.25, 0.3) is 0 Å². The van der Waals surface area contributed by atoms with E-state index in [0.717, 1.165) is 38.6 Å². The van der Waals surface area contributed by atoms with Gasteiger partial charge in [-0.3, -0.25) is 4.79 Å². The largest absolute Gasteiger partial charge is 0.383 e. The van der Waals surface area contributed by atoms with Gasteiger partial charge in [-0.2, -0.15) is 0 Å². The zero-order valence-corrected chi connectivity index (χ0v) is 17.3. The summed E-state index contributed by atoms with van der Waals surface area (Å²) in [6.07, 6.45) is 4.12. The minimum Gasteiger partial charge on any atom is -0.383 e. The number of anilines is 2. The third kappa shape index (κ3) is 5.13. The molecule has 1 amide bonds. The number of carbonyl (C=O) groups is 1. The lowest BCUT2D eigenvalue weighted by Gasteiger charge is -2.23. The van der Waals surface area contributed by atoms with E-state index < -0.39 is 9.84 Å². The second-order valence-electron chi connectivity index (χ2n) is 7.26. The molecule has 2 fully saturated rings. The number of ether oxygens (including phenoxy) is 1. The van der Waals surface area contributed by atoms with Gasteiger partial charge in [-0.15, -0.1) is 12.4 Å². The predicted molar refractivity (Wildman–Crippen MR) is 108 cm³/mol. The molecular formula is C18H28ClN3O4S. The van der Waals surface area contributed by atoms with Crippen molar-refractivity contribution in [3.63, 3.8) is 0 Å². The molecule has 1 aliphatic carbocycles. The van der Waals surface area contributed by atoms with Crippen LogP contribution in [0.3, 0.4) is 0 Å². The van der Waals surface area contributed by atoms with Crippen molar-refractivity contribution < 1.29 is 17.9 Å². The van der Waals surface area contributed by atoms with Crippen LogP contribution in [0.15, 0.2) is 23.1 Å². The molecule has 27 heavy (non-hydrogen) atoms. The van der Waals surface area contributed by atoms with Crippen LogP contribution in [-0.4, -0.2) is 53.9 Å². The van der Waals surface area contributed by atoms with Gasteiger partial charge in [0.15, 0.2) is 9.84 Å². The number of nitrogens with one attached hydrogen (secondary N) is 3. The van der Waals surface area contributed by atoms with Crippen LogP contribution in [0.1, 0.15) is 19.3 Å². The molecule has 1 aromatic carbocycles. The molecule has 1 aliphatic heterocycles. The fraction of sp³-hybridized carbons (Fsp3) is 0.611. The average Bonchev–Trinajstić information content (AvgIpc) is 3.29. The Morgan fingerprint density at radius 2 is 2.00 bits per heavy atom. The van der Waals surface area contributed by atoms with E-state index in [1.807, 2.05) is 0 Å². The van der Waals surface area contributed by atoms with Crippen molar-refractivity contribution in [3.8, 4) is 0 Å². The standard InChI is InChI=1S/C18H27N3O4S.ClH/c1-25-10-9-20-15-4-3-13(26(2,23)24)11-16(15)21-17(22)14-12-18(14)5-7-19-8-6-18;/h3-4,11,14,19-20H,5-10,12H2,1-2H3,(H,21,22);1H. The van der Waals surface area contributed by atoms with E-state index in [1.54, 1.807) is 19.2 Å². The fourth-order valence-electron chi connectivity index (χ4n) is 3.71. The van der Waals surface area contributed by atoms with E-state index in [9.17, 15) is 13.2 Å². The lowest BCUT2D eigenvalue weighted by Crippen LogP contribution is -2.31. The van der Waals surface area contributed by atoms with Gasteiger partial charge >= 0.3 is 0 Å². The zero-order valence-electron chi connectivity index (χ0n) is 15.7. The molecule has 1 spiro atoms. The second kappa shape index (κ2) is 8.77. The summed E-state index contributed by atoms with van der Waals surface area (Å²) in [7, 11) is -1.73. The Hall–Kier alpha value is -1.35. The molecule has 3 rings (SSSR count). The van der Waals surface area contributed by atoms with Crippen LogP contribution in [0.4, 0.5) is 11.4 Å². The number of rotatable bonds is 7. The number of methoxy groups -OCH3 is 1. The number of sulfone groups is 1.